The summed E-state index contributed by atoms with van der Waals surface area (Å²) in [6, 6.07) is 23.3. The van der Waals surface area contributed by atoms with Gasteiger partial charge in [-0.2, -0.15) is 5.10 Å². The number of amides is 1. The van der Waals surface area contributed by atoms with E-state index in [9.17, 15) is 4.79 Å². The highest BCUT2D eigenvalue weighted by Gasteiger charge is 2.18. The van der Waals surface area contributed by atoms with Gasteiger partial charge in [0.15, 0.2) is 0 Å². The molecule has 0 saturated heterocycles. The summed E-state index contributed by atoms with van der Waals surface area (Å²) in [5.41, 5.74) is 3.87. The lowest BCUT2D eigenvalue weighted by molar-refractivity contribution is 0.0951. The summed E-state index contributed by atoms with van der Waals surface area (Å²) in [5.74, 6) is -0.167. The Bertz CT molecular complexity index is 1030. The number of nitrogens with zero attached hydrogens (tertiary/aromatic N) is 3. The summed E-state index contributed by atoms with van der Waals surface area (Å²) in [6.45, 7) is 0.461. The maximum atomic E-state index is 12.9. The van der Waals surface area contributed by atoms with Crippen LogP contribution < -0.4 is 5.32 Å². The molecule has 0 aliphatic rings. The van der Waals surface area contributed by atoms with Crippen LogP contribution in [-0.2, 0) is 6.54 Å². The van der Waals surface area contributed by atoms with E-state index in [1.54, 1.807) is 23.3 Å². The van der Waals surface area contributed by atoms with Crippen LogP contribution in [0.15, 0.2) is 91.4 Å². The third-order valence-corrected chi connectivity index (χ3v) is 4.21. The molecule has 1 amide bonds. The SMILES string of the molecule is O=C(NCc1ccccc1)c1cn(-c2ccccc2)nc1-c1cccnc1. The summed E-state index contributed by atoms with van der Waals surface area (Å²) in [7, 11) is 0. The highest BCUT2D eigenvalue weighted by atomic mass is 16.1. The normalized spacial score (nSPS) is 10.5. The second-order valence-electron chi connectivity index (χ2n) is 6.08. The zero-order valence-corrected chi connectivity index (χ0v) is 14.6. The highest BCUT2D eigenvalue weighted by Crippen LogP contribution is 2.23. The molecule has 2 aromatic carbocycles. The topological polar surface area (TPSA) is 59.8 Å². The highest BCUT2D eigenvalue weighted by molar-refractivity contribution is 5.99. The van der Waals surface area contributed by atoms with Crippen LogP contribution in [0.25, 0.3) is 16.9 Å². The van der Waals surface area contributed by atoms with Gasteiger partial charge in [0.2, 0.25) is 0 Å². The van der Waals surface area contributed by atoms with Crippen LogP contribution in [0.2, 0.25) is 0 Å². The fraction of sp³-hybridized carbons (Fsp3) is 0.0455. The second kappa shape index (κ2) is 7.66. The van der Waals surface area contributed by atoms with Crippen molar-refractivity contribution in [3.63, 3.8) is 0 Å². The van der Waals surface area contributed by atoms with Crippen molar-refractivity contribution in [2.75, 3.05) is 0 Å². The third-order valence-electron chi connectivity index (χ3n) is 4.21. The number of carbonyl (C=O) groups is 1. The Morgan fingerprint density at radius 2 is 1.67 bits per heavy atom. The minimum absolute atomic E-state index is 0.167. The Hall–Kier alpha value is -3.73. The number of para-hydroxylation sites is 1. The number of pyridine rings is 1. The molecule has 0 bridgehead atoms. The molecule has 0 saturated carbocycles. The lowest BCUT2D eigenvalue weighted by Gasteiger charge is -2.05. The quantitative estimate of drug-likeness (QED) is 0.592. The second-order valence-corrected chi connectivity index (χ2v) is 6.08. The Morgan fingerprint density at radius 1 is 0.926 bits per heavy atom. The molecular weight excluding hydrogens is 336 g/mol. The standard InChI is InChI=1S/C22H18N4O/c27-22(24-14-17-8-3-1-4-9-17)20-16-26(19-11-5-2-6-12-19)25-21(20)18-10-7-13-23-15-18/h1-13,15-16H,14H2,(H,24,27). The number of carbonyl (C=O) groups excluding carboxylic acids is 1. The molecule has 132 valence electrons. The van der Waals surface area contributed by atoms with Gasteiger partial charge in [-0.3, -0.25) is 9.78 Å². The Morgan fingerprint density at radius 3 is 2.37 bits per heavy atom. The van der Waals surface area contributed by atoms with Gasteiger partial charge in [0.05, 0.1) is 11.3 Å². The number of benzene rings is 2. The fourth-order valence-electron chi connectivity index (χ4n) is 2.84. The van der Waals surface area contributed by atoms with Gasteiger partial charge in [-0.25, -0.2) is 4.68 Å². The molecule has 0 radical (unpaired) electrons. The van der Waals surface area contributed by atoms with Crippen molar-refractivity contribution >= 4 is 5.91 Å². The van der Waals surface area contributed by atoms with Crippen LogP contribution in [-0.4, -0.2) is 20.7 Å². The predicted molar refractivity (Wildman–Crippen MR) is 104 cm³/mol. The predicted octanol–water partition coefficient (Wildman–Crippen LogP) is 3.86. The molecule has 2 aromatic heterocycles. The number of hydrogen-bond acceptors (Lipinski definition) is 3. The Labute approximate surface area is 157 Å². The number of rotatable bonds is 5. The zero-order valence-electron chi connectivity index (χ0n) is 14.6. The van der Waals surface area contributed by atoms with E-state index in [0.29, 0.717) is 17.8 Å². The average molecular weight is 354 g/mol. The molecule has 4 rings (SSSR count). The first-order valence-electron chi connectivity index (χ1n) is 8.69. The first-order chi connectivity index (χ1) is 13.3. The van der Waals surface area contributed by atoms with E-state index in [1.807, 2.05) is 72.8 Å². The van der Waals surface area contributed by atoms with Crippen LogP contribution >= 0.6 is 0 Å². The van der Waals surface area contributed by atoms with Crippen LogP contribution in [0, 0.1) is 0 Å². The van der Waals surface area contributed by atoms with E-state index in [-0.39, 0.29) is 5.91 Å². The molecular formula is C22H18N4O. The monoisotopic (exact) mass is 354 g/mol. The molecule has 0 atom stereocenters. The van der Waals surface area contributed by atoms with Crippen molar-refractivity contribution in [3.8, 4) is 16.9 Å². The maximum Gasteiger partial charge on any atom is 0.255 e. The molecule has 0 aliphatic carbocycles. The van der Waals surface area contributed by atoms with Gasteiger partial charge in [0, 0.05) is 30.7 Å². The van der Waals surface area contributed by atoms with E-state index in [4.69, 9.17) is 0 Å². The van der Waals surface area contributed by atoms with Crippen molar-refractivity contribution in [2.45, 2.75) is 6.54 Å². The minimum atomic E-state index is -0.167. The van der Waals surface area contributed by atoms with Crippen LogP contribution in [0.5, 0.6) is 0 Å². The first-order valence-corrected chi connectivity index (χ1v) is 8.69. The molecule has 0 fully saturated rings. The largest absolute Gasteiger partial charge is 0.348 e. The van der Waals surface area contributed by atoms with Crippen molar-refractivity contribution in [1.82, 2.24) is 20.1 Å². The Balaban J connectivity index is 1.67. The molecule has 5 nitrogen and oxygen atoms in total. The minimum Gasteiger partial charge on any atom is -0.348 e. The van der Waals surface area contributed by atoms with Crippen molar-refractivity contribution in [3.05, 3.63) is 103 Å². The van der Waals surface area contributed by atoms with Crippen molar-refractivity contribution < 1.29 is 4.79 Å². The molecule has 0 spiro atoms. The van der Waals surface area contributed by atoms with Crippen molar-refractivity contribution in [1.29, 1.82) is 0 Å². The summed E-state index contributed by atoms with van der Waals surface area (Å²) in [5, 5.41) is 7.62. The third kappa shape index (κ3) is 3.77. The van der Waals surface area contributed by atoms with Crippen LogP contribution in [0.3, 0.4) is 0 Å². The smallest absolute Gasteiger partial charge is 0.255 e. The van der Waals surface area contributed by atoms with Gasteiger partial charge in [-0.05, 0) is 29.8 Å². The lowest BCUT2D eigenvalue weighted by atomic mass is 10.1. The molecule has 2 heterocycles. The van der Waals surface area contributed by atoms with Gasteiger partial charge < -0.3 is 5.32 Å². The van der Waals surface area contributed by atoms with Crippen molar-refractivity contribution in [2.24, 2.45) is 0 Å². The summed E-state index contributed by atoms with van der Waals surface area (Å²) >= 11 is 0. The molecule has 27 heavy (non-hydrogen) atoms. The number of nitrogens with one attached hydrogen (secondary N) is 1. The summed E-state index contributed by atoms with van der Waals surface area (Å²) in [4.78, 5) is 17.0. The summed E-state index contributed by atoms with van der Waals surface area (Å²) in [6.07, 6.45) is 5.18. The molecule has 4 aromatic rings. The van der Waals surface area contributed by atoms with Gasteiger partial charge in [0.25, 0.3) is 5.91 Å². The van der Waals surface area contributed by atoms with Crippen LogP contribution in [0.4, 0.5) is 0 Å². The van der Waals surface area contributed by atoms with E-state index in [1.165, 1.54) is 0 Å². The van der Waals surface area contributed by atoms with Gasteiger partial charge in [-0.1, -0.05) is 48.5 Å². The number of aromatic nitrogens is 3. The molecule has 5 heteroatoms. The van der Waals surface area contributed by atoms with E-state index >= 15 is 0 Å². The lowest BCUT2D eigenvalue weighted by Crippen LogP contribution is -2.23. The molecule has 0 aliphatic heterocycles. The van der Waals surface area contributed by atoms with Gasteiger partial charge in [-0.15, -0.1) is 0 Å². The van der Waals surface area contributed by atoms with Crippen LogP contribution in [0.1, 0.15) is 15.9 Å². The van der Waals surface area contributed by atoms with E-state index in [0.717, 1.165) is 16.8 Å². The van der Waals surface area contributed by atoms with E-state index < -0.39 is 0 Å². The average Bonchev–Trinajstić information content (AvgIpc) is 3.20. The Kier molecular flexibility index (Phi) is 4.74. The fourth-order valence-corrected chi connectivity index (χ4v) is 2.84. The summed E-state index contributed by atoms with van der Waals surface area (Å²) < 4.78 is 1.72. The van der Waals surface area contributed by atoms with Gasteiger partial charge >= 0.3 is 0 Å². The maximum absolute atomic E-state index is 12.9. The first kappa shape index (κ1) is 16.7. The van der Waals surface area contributed by atoms with E-state index in [2.05, 4.69) is 15.4 Å². The van der Waals surface area contributed by atoms with Gasteiger partial charge in [0.1, 0.15) is 5.69 Å². The zero-order chi connectivity index (χ0) is 18.5. The molecule has 0 unspecified atom stereocenters. The molecule has 1 N–H and O–H groups in total. The number of hydrogen-bond donors (Lipinski definition) is 1.